The molecule has 1 N–H and O–H groups in total. The van der Waals surface area contributed by atoms with Crippen molar-refractivity contribution in [2.45, 2.75) is 106 Å². The zero-order valence-corrected chi connectivity index (χ0v) is 27.1. The van der Waals surface area contributed by atoms with E-state index in [1.165, 1.54) is 7.11 Å². The summed E-state index contributed by atoms with van der Waals surface area (Å²) in [6.45, 7) is 19.6. The Bertz CT molecular complexity index is 963. The Labute approximate surface area is 249 Å². The van der Waals surface area contributed by atoms with Gasteiger partial charge in [0.15, 0.2) is 5.78 Å². The van der Waals surface area contributed by atoms with Gasteiger partial charge in [0, 0.05) is 11.8 Å². The Morgan fingerprint density at radius 2 is 1.59 bits per heavy atom. The first-order valence-corrected chi connectivity index (χ1v) is 16.3. The first kappa shape index (κ1) is 33.4. The van der Waals surface area contributed by atoms with E-state index in [2.05, 4.69) is 53.3 Å². The van der Waals surface area contributed by atoms with Gasteiger partial charge in [0.05, 0.1) is 18.4 Å². The first-order valence-electron chi connectivity index (χ1n) is 16.3. The Kier molecular flexibility index (Phi) is 11.7. The number of methoxy groups -OCH3 is 1. The van der Waals surface area contributed by atoms with E-state index in [9.17, 15) is 14.7 Å². The third kappa shape index (κ3) is 6.77. The molecule has 232 valence electrons. The van der Waals surface area contributed by atoms with Gasteiger partial charge < -0.3 is 14.7 Å². The molecule has 0 aromatic heterocycles. The number of carbonyl (C=O) groups is 2. The van der Waals surface area contributed by atoms with Gasteiger partial charge in [-0.25, -0.2) is 0 Å². The van der Waals surface area contributed by atoms with Crippen LogP contribution in [-0.4, -0.2) is 36.3 Å². The van der Waals surface area contributed by atoms with E-state index in [4.69, 9.17) is 9.57 Å². The minimum atomic E-state index is -0.979. The van der Waals surface area contributed by atoms with Crippen molar-refractivity contribution in [3.63, 3.8) is 0 Å². The highest BCUT2D eigenvalue weighted by molar-refractivity contribution is 6.27. The van der Waals surface area contributed by atoms with Crippen LogP contribution in [0.25, 0.3) is 0 Å². The summed E-state index contributed by atoms with van der Waals surface area (Å²) in [6.07, 6.45) is 9.48. The highest BCUT2D eigenvalue weighted by Crippen LogP contribution is 2.64. The van der Waals surface area contributed by atoms with Gasteiger partial charge in [-0.15, -0.1) is 0 Å². The molecule has 3 aliphatic carbocycles. The second-order valence-corrected chi connectivity index (χ2v) is 14.2. The van der Waals surface area contributed by atoms with E-state index < -0.39 is 17.3 Å². The SMILES string of the molecule is C=CCON=C(CCC)C1=C(O)CC(C2CC(C)CCC2C(C)C)(C2CC(C)CCC2C(C)C)C(C(=O)OC)C1=O. The molecule has 0 spiro atoms. The van der Waals surface area contributed by atoms with Crippen LogP contribution in [0.1, 0.15) is 106 Å². The van der Waals surface area contributed by atoms with E-state index >= 15 is 0 Å². The number of hydrogen-bond donors (Lipinski definition) is 1. The van der Waals surface area contributed by atoms with E-state index in [-0.39, 0.29) is 35.6 Å². The van der Waals surface area contributed by atoms with Gasteiger partial charge in [-0.2, -0.15) is 0 Å². The Morgan fingerprint density at radius 3 is 2.02 bits per heavy atom. The number of esters is 1. The molecule has 41 heavy (non-hydrogen) atoms. The molecule has 0 amide bonds. The maximum atomic E-state index is 14.8. The van der Waals surface area contributed by atoms with Gasteiger partial charge in [0.2, 0.25) is 0 Å². The van der Waals surface area contributed by atoms with Crippen LogP contribution < -0.4 is 0 Å². The highest BCUT2D eigenvalue weighted by Gasteiger charge is 2.64. The van der Waals surface area contributed by atoms with Crippen molar-refractivity contribution in [2.24, 2.45) is 63.8 Å². The lowest BCUT2D eigenvalue weighted by Crippen LogP contribution is -2.60. The molecule has 0 radical (unpaired) electrons. The summed E-state index contributed by atoms with van der Waals surface area (Å²) in [5, 5.41) is 16.3. The summed E-state index contributed by atoms with van der Waals surface area (Å²) in [5.74, 6) is 1.09. The summed E-state index contributed by atoms with van der Waals surface area (Å²) in [4.78, 5) is 34.3. The smallest absolute Gasteiger partial charge is 0.317 e. The van der Waals surface area contributed by atoms with Crippen molar-refractivity contribution >= 4 is 17.5 Å². The summed E-state index contributed by atoms with van der Waals surface area (Å²) in [6, 6.07) is 0. The average Bonchev–Trinajstić information content (AvgIpc) is 2.91. The fourth-order valence-electron chi connectivity index (χ4n) is 8.99. The second kappa shape index (κ2) is 14.4. The summed E-state index contributed by atoms with van der Waals surface area (Å²) in [7, 11) is 1.40. The number of aliphatic hydroxyl groups excluding tert-OH is 1. The van der Waals surface area contributed by atoms with Crippen molar-refractivity contribution in [2.75, 3.05) is 13.7 Å². The number of oxime groups is 1. The molecule has 0 heterocycles. The number of rotatable bonds is 11. The second-order valence-electron chi connectivity index (χ2n) is 14.2. The number of aliphatic hydroxyl groups is 1. The third-order valence-electron chi connectivity index (χ3n) is 10.8. The zero-order chi connectivity index (χ0) is 30.5. The quantitative estimate of drug-likeness (QED) is 0.0673. The molecule has 0 aliphatic heterocycles. The maximum absolute atomic E-state index is 14.8. The van der Waals surface area contributed by atoms with Crippen LogP contribution in [0.15, 0.2) is 29.1 Å². The topological polar surface area (TPSA) is 85.2 Å². The molecular formula is C35H57NO5. The molecule has 7 atom stereocenters. The normalized spacial score (nSPS) is 35.1. The van der Waals surface area contributed by atoms with Gasteiger partial charge in [-0.05, 0) is 79.4 Å². The van der Waals surface area contributed by atoms with Crippen LogP contribution >= 0.6 is 0 Å². The number of hydrogen-bond acceptors (Lipinski definition) is 6. The van der Waals surface area contributed by atoms with Crippen molar-refractivity contribution in [1.82, 2.24) is 0 Å². The van der Waals surface area contributed by atoms with Gasteiger partial charge in [-0.3, -0.25) is 9.59 Å². The number of carbonyl (C=O) groups excluding carboxylic acids is 2. The fourth-order valence-corrected chi connectivity index (χ4v) is 8.99. The van der Waals surface area contributed by atoms with Crippen LogP contribution in [0.5, 0.6) is 0 Å². The predicted octanol–water partition coefficient (Wildman–Crippen LogP) is 8.32. The van der Waals surface area contributed by atoms with Crippen LogP contribution in [0.2, 0.25) is 0 Å². The Morgan fingerprint density at radius 1 is 1.05 bits per heavy atom. The van der Waals surface area contributed by atoms with Crippen LogP contribution in [0, 0.1) is 58.7 Å². The summed E-state index contributed by atoms with van der Waals surface area (Å²) < 4.78 is 5.52. The van der Waals surface area contributed by atoms with Crippen LogP contribution in [0.4, 0.5) is 0 Å². The first-order chi connectivity index (χ1) is 19.4. The molecule has 0 aromatic rings. The Balaban J connectivity index is 2.36. The van der Waals surface area contributed by atoms with E-state index in [0.29, 0.717) is 54.1 Å². The zero-order valence-electron chi connectivity index (χ0n) is 27.1. The molecule has 3 rings (SSSR count). The largest absolute Gasteiger partial charge is 0.511 e. The number of ketones is 1. The maximum Gasteiger partial charge on any atom is 0.317 e. The van der Waals surface area contributed by atoms with E-state index in [1.807, 2.05) is 6.92 Å². The monoisotopic (exact) mass is 571 g/mol. The van der Waals surface area contributed by atoms with Gasteiger partial charge in [0.1, 0.15) is 18.3 Å². The van der Waals surface area contributed by atoms with Gasteiger partial charge in [0.25, 0.3) is 0 Å². The average molecular weight is 572 g/mol. The van der Waals surface area contributed by atoms with Crippen LogP contribution in [0.3, 0.4) is 0 Å². The van der Waals surface area contributed by atoms with Gasteiger partial charge in [-0.1, -0.05) is 85.5 Å². The van der Waals surface area contributed by atoms with Crippen molar-refractivity contribution < 1.29 is 24.3 Å². The standard InChI is InChI=1S/C35H57NO5/c1-10-12-29(36-41-17-11-2)31-30(37)20-35(32(33(31)38)34(39)40-9,27-18-23(7)13-15-25(27)21(3)4)28-19-24(8)14-16-26(28)22(5)6/h11,21-28,32,37H,2,10,12-20H2,1,3-9H3. The number of ether oxygens (including phenoxy) is 1. The molecule has 0 bridgehead atoms. The minimum Gasteiger partial charge on any atom is -0.511 e. The molecule has 7 unspecified atom stereocenters. The minimum absolute atomic E-state index is 0.0750. The number of Topliss-reactive ketones (excluding diaryl/α,β-unsaturated/α-hetero) is 1. The molecule has 6 nitrogen and oxygen atoms in total. The molecule has 0 saturated heterocycles. The van der Waals surface area contributed by atoms with E-state index in [1.54, 1.807) is 6.08 Å². The van der Waals surface area contributed by atoms with Crippen molar-refractivity contribution in [1.29, 1.82) is 0 Å². The summed E-state index contributed by atoms with van der Waals surface area (Å²) >= 11 is 0. The predicted molar refractivity (Wildman–Crippen MR) is 165 cm³/mol. The third-order valence-corrected chi connectivity index (χ3v) is 10.8. The molecule has 0 aromatic carbocycles. The molecule has 2 fully saturated rings. The molecular weight excluding hydrogens is 514 g/mol. The lowest BCUT2D eigenvalue weighted by Gasteiger charge is -2.60. The van der Waals surface area contributed by atoms with Crippen molar-refractivity contribution in [3.8, 4) is 0 Å². The van der Waals surface area contributed by atoms with E-state index in [0.717, 1.165) is 44.9 Å². The van der Waals surface area contributed by atoms with Gasteiger partial charge >= 0.3 is 5.97 Å². The molecule has 6 heteroatoms. The lowest BCUT2D eigenvalue weighted by atomic mass is 9.43. The fraction of sp³-hybridized carbons (Fsp3) is 0.800. The molecule has 2 saturated carbocycles. The summed E-state index contributed by atoms with van der Waals surface area (Å²) in [5.41, 5.74) is -0.143. The van der Waals surface area contributed by atoms with Crippen LogP contribution in [-0.2, 0) is 19.2 Å². The lowest BCUT2D eigenvalue weighted by molar-refractivity contribution is -0.173. The number of nitrogens with zero attached hydrogens (tertiary/aromatic N) is 1. The molecule has 3 aliphatic rings. The Hall–Kier alpha value is -2.11. The van der Waals surface area contributed by atoms with Crippen molar-refractivity contribution in [3.05, 3.63) is 24.0 Å². The number of allylic oxidation sites excluding steroid dienone is 2. The highest BCUT2D eigenvalue weighted by atomic mass is 16.6.